The zero-order valence-corrected chi connectivity index (χ0v) is 10.0. The minimum absolute atomic E-state index is 0.141. The SMILES string of the molecule is O=S(=O)(N=Cc1cccc(F)c1)c1ccccn1. The quantitative estimate of drug-likeness (QED) is 0.797. The number of nitrogens with zero attached hydrogens (tertiary/aromatic N) is 2. The molecule has 1 heterocycles. The summed E-state index contributed by atoms with van der Waals surface area (Å²) in [6.07, 6.45) is 2.46. The maximum absolute atomic E-state index is 12.9. The van der Waals surface area contributed by atoms with Gasteiger partial charge in [-0.2, -0.15) is 12.8 Å². The van der Waals surface area contributed by atoms with Crippen LogP contribution in [0.5, 0.6) is 0 Å². The highest BCUT2D eigenvalue weighted by molar-refractivity contribution is 7.90. The van der Waals surface area contributed by atoms with E-state index in [0.717, 1.165) is 6.21 Å². The van der Waals surface area contributed by atoms with Gasteiger partial charge in [-0.3, -0.25) is 0 Å². The van der Waals surface area contributed by atoms with Crippen molar-refractivity contribution in [2.75, 3.05) is 0 Å². The highest BCUT2D eigenvalue weighted by atomic mass is 32.2. The van der Waals surface area contributed by atoms with Crippen molar-refractivity contribution in [1.82, 2.24) is 4.98 Å². The van der Waals surface area contributed by atoms with Gasteiger partial charge in [-0.25, -0.2) is 9.37 Å². The topological polar surface area (TPSA) is 59.4 Å². The molecule has 18 heavy (non-hydrogen) atoms. The van der Waals surface area contributed by atoms with Gasteiger partial charge >= 0.3 is 0 Å². The Morgan fingerprint density at radius 3 is 2.67 bits per heavy atom. The van der Waals surface area contributed by atoms with Crippen LogP contribution in [0.4, 0.5) is 4.39 Å². The molecule has 0 N–H and O–H groups in total. The largest absolute Gasteiger partial charge is 0.299 e. The zero-order valence-electron chi connectivity index (χ0n) is 9.19. The van der Waals surface area contributed by atoms with E-state index in [2.05, 4.69) is 9.38 Å². The van der Waals surface area contributed by atoms with Crippen LogP contribution in [0.3, 0.4) is 0 Å². The molecular formula is C12H9FN2O2S. The summed E-state index contributed by atoms with van der Waals surface area (Å²) < 4.78 is 39.8. The first kappa shape index (κ1) is 12.4. The number of rotatable bonds is 3. The van der Waals surface area contributed by atoms with Crippen molar-refractivity contribution in [2.24, 2.45) is 4.40 Å². The highest BCUT2D eigenvalue weighted by Gasteiger charge is 2.12. The van der Waals surface area contributed by atoms with Crippen LogP contribution >= 0.6 is 0 Å². The van der Waals surface area contributed by atoms with Crippen molar-refractivity contribution < 1.29 is 12.8 Å². The van der Waals surface area contributed by atoms with Gasteiger partial charge in [0, 0.05) is 12.4 Å². The van der Waals surface area contributed by atoms with E-state index < -0.39 is 15.8 Å². The lowest BCUT2D eigenvalue weighted by molar-refractivity contribution is 0.594. The second kappa shape index (κ2) is 5.05. The monoisotopic (exact) mass is 264 g/mol. The lowest BCUT2D eigenvalue weighted by atomic mass is 10.2. The van der Waals surface area contributed by atoms with Crippen LogP contribution in [-0.4, -0.2) is 19.6 Å². The second-order valence-electron chi connectivity index (χ2n) is 3.43. The van der Waals surface area contributed by atoms with E-state index in [9.17, 15) is 12.8 Å². The van der Waals surface area contributed by atoms with Crippen LogP contribution in [0.2, 0.25) is 0 Å². The van der Waals surface area contributed by atoms with Crippen LogP contribution in [0, 0.1) is 5.82 Å². The molecule has 0 aliphatic heterocycles. The van der Waals surface area contributed by atoms with Crippen molar-refractivity contribution in [1.29, 1.82) is 0 Å². The first-order valence-corrected chi connectivity index (χ1v) is 6.49. The van der Waals surface area contributed by atoms with Gasteiger partial charge in [0.25, 0.3) is 10.0 Å². The Hall–Kier alpha value is -2.08. The molecule has 1 aromatic carbocycles. The van der Waals surface area contributed by atoms with E-state index in [0.29, 0.717) is 5.56 Å². The van der Waals surface area contributed by atoms with Crippen molar-refractivity contribution in [3.8, 4) is 0 Å². The standard InChI is InChI=1S/C12H9FN2O2S/c13-11-5-3-4-10(8-11)9-15-18(16,17)12-6-1-2-7-14-12/h1-9H. The lowest BCUT2D eigenvalue weighted by Gasteiger charge is -1.96. The van der Waals surface area contributed by atoms with Crippen molar-refractivity contribution in [2.45, 2.75) is 5.03 Å². The van der Waals surface area contributed by atoms with Crippen molar-refractivity contribution in [3.63, 3.8) is 0 Å². The normalized spacial score (nSPS) is 11.8. The number of hydrogen-bond acceptors (Lipinski definition) is 3. The fraction of sp³-hybridized carbons (Fsp3) is 0. The van der Waals surface area contributed by atoms with E-state index >= 15 is 0 Å². The molecule has 2 aromatic rings. The summed E-state index contributed by atoms with van der Waals surface area (Å²) in [7, 11) is -3.84. The first-order chi connectivity index (χ1) is 8.58. The number of benzene rings is 1. The van der Waals surface area contributed by atoms with Gasteiger partial charge in [0.15, 0.2) is 5.03 Å². The van der Waals surface area contributed by atoms with Crippen molar-refractivity contribution >= 4 is 16.2 Å². The molecule has 0 amide bonds. The van der Waals surface area contributed by atoms with Crippen LogP contribution in [-0.2, 0) is 10.0 Å². The molecule has 2 rings (SSSR count). The molecule has 0 radical (unpaired) electrons. The molecule has 1 aromatic heterocycles. The Balaban J connectivity index is 2.29. The van der Waals surface area contributed by atoms with Gasteiger partial charge in [0.2, 0.25) is 0 Å². The number of sulfonamides is 1. The predicted octanol–water partition coefficient (Wildman–Crippen LogP) is 2.03. The fourth-order valence-corrected chi connectivity index (χ4v) is 2.08. The molecule has 0 aliphatic carbocycles. The number of hydrogen-bond donors (Lipinski definition) is 0. The van der Waals surface area contributed by atoms with Crippen LogP contribution < -0.4 is 0 Å². The Labute approximate surface area is 104 Å². The molecule has 0 bridgehead atoms. The van der Waals surface area contributed by atoms with Gasteiger partial charge in [0.05, 0.1) is 0 Å². The lowest BCUT2D eigenvalue weighted by Crippen LogP contribution is -2.00. The van der Waals surface area contributed by atoms with Gasteiger partial charge in [-0.1, -0.05) is 18.2 Å². The summed E-state index contributed by atoms with van der Waals surface area (Å²) in [6, 6.07) is 10.00. The van der Waals surface area contributed by atoms with Crippen molar-refractivity contribution in [3.05, 3.63) is 60.0 Å². The number of pyridine rings is 1. The average molecular weight is 264 g/mol. The molecular weight excluding hydrogens is 255 g/mol. The second-order valence-corrected chi connectivity index (χ2v) is 5.01. The summed E-state index contributed by atoms with van der Waals surface area (Å²) >= 11 is 0. The Morgan fingerprint density at radius 1 is 1.17 bits per heavy atom. The molecule has 0 unspecified atom stereocenters. The Kier molecular flexibility index (Phi) is 3.47. The molecule has 4 nitrogen and oxygen atoms in total. The van der Waals surface area contributed by atoms with Gasteiger partial charge in [-0.05, 0) is 29.8 Å². The first-order valence-electron chi connectivity index (χ1n) is 5.05. The molecule has 0 spiro atoms. The van der Waals surface area contributed by atoms with E-state index in [-0.39, 0.29) is 5.03 Å². The summed E-state index contributed by atoms with van der Waals surface area (Å²) in [6.45, 7) is 0. The van der Waals surface area contributed by atoms with Crippen LogP contribution in [0.1, 0.15) is 5.56 Å². The average Bonchev–Trinajstić information content (AvgIpc) is 2.38. The van der Waals surface area contributed by atoms with Crippen LogP contribution in [0.15, 0.2) is 58.1 Å². The zero-order chi connectivity index (χ0) is 13.0. The van der Waals surface area contributed by atoms with Gasteiger partial charge in [0.1, 0.15) is 5.82 Å². The maximum Gasteiger partial charge on any atom is 0.299 e. The summed E-state index contributed by atoms with van der Waals surface area (Å²) in [4.78, 5) is 3.70. The van der Waals surface area contributed by atoms with E-state index in [4.69, 9.17) is 0 Å². The predicted molar refractivity (Wildman–Crippen MR) is 65.4 cm³/mol. The Morgan fingerprint density at radius 2 is 2.00 bits per heavy atom. The summed E-state index contributed by atoms with van der Waals surface area (Å²) in [5.41, 5.74) is 0.370. The smallest absolute Gasteiger partial charge is 0.243 e. The summed E-state index contributed by atoms with van der Waals surface area (Å²) in [5.74, 6) is -0.450. The number of halogens is 1. The molecule has 0 fully saturated rings. The van der Waals surface area contributed by atoms with Gasteiger partial charge in [-0.15, -0.1) is 0 Å². The van der Waals surface area contributed by atoms with E-state index in [1.807, 2.05) is 0 Å². The number of aromatic nitrogens is 1. The fourth-order valence-electron chi connectivity index (χ4n) is 1.27. The Bertz CT molecular complexity index is 669. The van der Waals surface area contributed by atoms with Crippen LogP contribution in [0.25, 0.3) is 0 Å². The van der Waals surface area contributed by atoms with E-state index in [1.165, 1.54) is 30.5 Å². The molecule has 0 saturated carbocycles. The third-order valence-electron chi connectivity index (χ3n) is 2.09. The van der Waals surface area contributed by atoms with Gasteiger partial charge < -0.3 is 0 Å². The molecule has 92 valence electrons. The minimum Gasteiger partial charge on any atom is -0.243 e. The third kappa shape index (κ3) is 2.98. The molecule has 0 atom stereocenters. The molecule has 0 saturated heterocycles. The summed E-state index contributed by atoms with van der Waals surface area (Å²) in [5, 5.41) is -0.141. The maximum atomic E-state index is 12.9. The molecule has 0 aliphatic rings. The minimum atomic E-state index is -3.84. The van der Waals surface area contributed by atoms with E-state index in [1.54, 1.807) is 18.2 Å². The molecule has 6 heteroatoms. The highest BCUT2D eigenvalue weighted by Crippen LogP contribution is 2.08. The third-order valence-corrected chi connectivity index (χ3v) is 3.24.